The van der Waals surface area contributed by atoms with Gasteiger partial charge in [0, 0.05) is 26.3 Å². The lowest BCUT2D eigenvalue weighted by molar-refractivity contribution is 0.0803. The monoisotopic (exact) mass is 641 g/mol. The fourth-order valence-electron chi connectivity index (χ4n) is 6.11. The van der Waals surface area contributed by atoms with E-state index in [2.05, 4.69) is 55.1 Å². The number of rotatable bonds is 10. The van der Waals surface area contributed by atoms with Gasteiger partial charge in [-0.3, -0.25) is 4.90 Å². The number of nitriles is 1. The normalized spacial score (nSPS) is 13.9. The van der Waals surface area contributed by atoms with E-state index in [0.717, 1.165) is 50.5 Å². The van der Waals surface area contributed by atoms with Crippen molar-refractivity contribution in [3.05, 3.63) is 94.4 Å². The minimum atomic E-state index is -3.85. The van der Waals surface area contributed by atoms with Gasteiger partial charge in [0.25, 0.3) is 10.0 Å². The van der Waals surface area contributed by atoms with Crippen molar-refractivity contribution >= 4 is 40.0 Å². The van der Waals surface area contributed by atoms with E-state index in [9.17, 15) is 13.7 Å². The van der Waals surface area contributed by atoms with Gasteiger partial charge >= 0.3 is 0 Å². The molecule has 45 heavy (non-hydrogen) atoms. The molecule has 0 aliphatic rings. The SMILES string of the molecule is Cc1ccc(S(=O)(=O)n2ccc3c(C(C)(c4nc5ccc(C#N)cc5n4COCC[Si](C)(C)C)N(C)C)c(C)cc(C)c32)cc1. The van der Waals surface area contributed by atoms with Gasteiger partial charge in [-0.25, -0.2) is 17.4 Å². The van der Waals surface area contributed by atoms with Gasteiger partial charge in [-0.2, -0.15) is 5.26 Å². The van der Waals surface area contributed by atoms with Crippen molar-refractivity contribution in [2.24, 2.45) is 0 Å². The molecule has 0 N–H and O–H groups in total. The molecule has 0 bridgehead atoms. The summed E-state index contributed by atoms with van der Waals surface area (Å²) in [6, 6.07) is 19.7. The highest BCUT2D eigenvalue weighted by molar-refractivity contribution is 7.90. The second-order valence-corrected chi connectivity index (χ2v) is 21.0. The molecular weight excluding hydrogens is 599 g/mol. The molecule has 0 saturated carbocycles. The number of hydrogen-bond acceptors (Lipinski definition) is 6. The van der Waals surface area contributed by atoms with Crippen LogP contribution in [0.4, 0.5) is 0 Å². The van der Waals surface area contributed by atoms with Crippen molar-refractivity contribution < 1.29 is 13.2 Å². The van der Waals surface area contributed by atoms with E-state index in [0.29, 0.717) is 17.7 Å². The van der Waals surface area contributed by atoms with Crippen molar-refractivity contribution in [1.29, 1.82) is 5.26 Å². The van der Waals surface area contributed by atoms with Crippen LogP contribution in [0.5, 0.6) is 0 Å². The molecule has 0 radical (unpaired) electrons. The summed E-state index contributed by atoms with van der Waals surface area (Å²) in [5, 5.41) is 10.5. The van der Waals surface area contributed by atoms with Gasteiger partial charge in [0.15, 0.2) is 0 Å². The average molecular weight is 642 g/mol. The summed E-state index contributed by atoms with van der Waals surface area (Å²) in [6.07, 6.45) is 1.66. The van der Waals surface area contributed by atoms with Crippen LogP contribution in [0.1, 0.15) is 40.6 Å². The Bertz CT molecular complexity index is 2050. The number of aromatic nitrogens is 3. The van der Waals surface area contributed by atoms with Gasteiger partial charge < -0.3 is 9.30 Å². The second-order valence-electron chi connectivity index (χ2n) is 13.6. The maximum absolute atomic E-state index is 14.0. The minimum absolute atomic E-state index is 0.244. The van der Waals surface area contributed by atoms with Crippen molar-refractivity contribution in [2.75, 3.05) is 20.7 Å². The fraction of sp³-hybridized carbons (Fsp3) is 0.371. The van der Waals surface area contributed by atoms with Crippen molar-refractivity contribution in [3.63, 3.8) is 0 Å². The lowest BCUT2D eigenvalue weighted by Gasteiger charge is -2.38. The van der Waals surface area contributed by atoms with Crippen LogP contribution in [0, 0.1) is 32.1 Å². The largest absolute Gasteiger partial charge is 0.361 e. The summed E-state index contributed by atoms with van der Waals surface area (Å²) >= 11 is 0. The molecule has 2 aromatic heterocycles. The van der Waals surface area contributed by atoms with Crippen LogP contribution in [0.25, 0.3) is 21.9 Å². The van der Waals surface area contributed by atoms with Crippen LogP contribution in [-0.2, 0) is 27.0 Å². The van der Waals surface area contributed by atoms with E-state index in [4.69, 9.17) is 9.72 Å². The first-order valence-corrected chi connectivity index (χ1v) is 20.3. The summed E-state index contributed by atoms with van der Waals surface area (Å²) < 4.78 is 37.7. The molecule has 2 heterocycles. The smallest absolute Gasteiger partial charge is 0.268 e. The topological polar surface area (TPSA) is 93.2 Å². The van der Waals surface area contributed by atoms with Crippen LogP contribution in [0.2, 0.25) is 25.7 Å². The highest BCUT2D eigenvalue weighted by atomic mass is 32.2. The number of hydrogen-bond donors (Lipinski definition) is 0. The first kappa shape index (κ1) is 32.6. The van der Waals surface area contributed by atoms with Crippen molar-refractivity contribution in [2.45, 2.75) is 70.5 Å². The fourth-order valence-corrected chi connectivity index (χ4v) is 8.28. The van der Waals surface area contributed by atoms with E-state index < -0.39 is 23.6 Å². The predicted molar refractivity (Wildman–Crippen MR) is 184 cm³/mol. The van der Waals surface area contributed by atoms with Gasteiger partial charge in [-0.15, -0.1) is 0 Å². The highest BCUT2D eigenvalue weighted by Crippen LogP contribution is 2.43. The van der Waals surface area contributed by atoms with Crippen LogP contribution < -0.4 is 0 Å². The van der Waals surface area contributed by atoms with Gasteiger partial charge in [-0.05, 0) is 101 Å². The third-order valence-electron chi connectivity index (χ3n) is 8.81. The Balaban J connectivity index is 1.75. The predicted octanol–water partition coefficient (Wildman–Crippen LogP) is 7.16. The molecule has 1 atom stereocenters. The lowest BCUT2D eigenvalue weighted by Crippen LogP contribution is -2.43. The zero-order valence-electron chi connectivity index (χ0n) is 27.8. The highest BCUT2D eigenvalue weighted by Gasteiger charge is 2.40. The summed E-state index contributed by atoms with van der Waals surface area (Å²) in [7, 11) is -1.12. The number of fused-ring (bicyclic) bond motifs is 2. The summed E-state index contributed by atoms with van der Waals surface area (Å²) in [5.41, 5.74) is 5.84. The lowest BCUT2D eigenvalue weighted by atomic mass is 9.83. The number of benzene rings is 3. The van der Waals surface area contributed by atoms with Crippen molar-refractivity contribution in [1.82, 2.24) is 18.4 Å². The van der Waals surface area contributed by atoms with Crippen LogP contribution in [-0.4, -0.2) is 55.6 Å². The Morgan fingerprint density at radius 1 is 1.00 bits per heavy atom. The third kappa shape index (κ3) is 5.86. The molecule has 5 rings (SSSR count). The van der Waals surface area contributed by atoms with Crippen LogP contribution >= 0.6 is 0 Å². The number of nitrogens with zero attached hydrogens (tertiary/aromatic N) is 5. The molecule has 10 heteroatoms. The second kappa shape index (κ2) is 11.9. The van der Waals surface area contributed by atoms with Crippen LogP contribution in [0.3, 0.4) is 0 Å². The minimum Gasteiger partial charge on any atom is -0.361 e. The van der Waals surface area contributed by atoms with Gasteiger partial charge in [0.1, 0.15) is 18.1 Å². The molecule has 0 spiro atoms. The molecule has 0 aliphatic carbocycles. The Kier molecular flexibility index (Phi) is 8.61. The first-order valence-electron chi connectivity index (χ1n) is 15.2. The molecule has 1 unspecified atom stereocenters. The maximum Gasteiger partial charge on any atom is 0.268 e. The van der Waals surface area contributed by atoms with E-state index in [-0.39, 0.29) is 11.6 Å². The Hall–Kier alpha value is -3.75. The Morgan fingerprint density at radius 3 is 2.31 bits per heavy atom. The third-order valence-corrected chi connectivity index (χ3v) is 12.2. The molecule has 0 amide bonds. The van der Waals surface area contributed by atoms with E-state index >= 15 is 0 Å². The van der Waals surface area contributed by atoms with Gasteiger partial charge in [0.2, 0.25) is 0 Å². The van der Waals surface area contributed by atoms with Crippen molar-refractivity contribution in [3.8, 4) is 6.07 Å². The molecule has 3 aromatic carbocycles. The van der Waals surface area contributed by atoms with Gasteiger partial charge in [-0.1, -0.05) is 43.4 Å². The maximum atomic E-state index is 14.0. The molecule has 5 aromatic rings. The molecule has 0 fully saturated rings. The quantitative estimate of drug-likeness (QED) is 0.119. The summed E-state index contributed by atoms with van der Waals surface area (Å²) in [5.74, 6) is 0.757. The molecule has 236 valence electrons. The molecule has 0 aliphatic heterocycles. The molecular formula is C35H43N5O3SSi. The molecule has 0 saturated heterocycles. The number of aryl methyl sites for hydroxylation is 3. The Morgan fingerprint density at radius 2 is 1.69 bits per heavy atom. The standard InChI is InChI=1S/C35H43N5O3SSi/c1-24-10-13-28(14-11-24)44(41,42)40-17-16-29-32(25(2)20-26(3)33(29)40)35(4,38(5)6)34-37-30-15-12-27(22-36)21-31(30)39(34)23-43-18-19-45(7,8)9/h10-17,20-21H,18-19,23H2,1-9H3. The zero-order chi connectivity index (χ0) is 32.9. The van der Waals surface area contributed by atoms with E-state index in [1.807, 2.05) is 58.3 Å². The average Bonchev–Trinajstić information content (AvgIpc) is 3.57. The van der Waals surface area contributed by atoms with Gasteiger partial charge in [0.05, 0.1) is 33.1 Å². The first-order chi connectivity index (χ1) is 21.1. The molecule has 8 nitrogen and oxygen atoms in total. The number of imidazole rings is 1. The number of ether oxygens (including phenoxy) is 1. The van der Waals surface area contributed by atoms with E-state index in [1.54, 1.807) is 24.4 Å². The van der Waals surface area contributed by atoms with E-state index in [1.165, 1.54) is 3.97 Å². The zero-order valence-corrected chi connectivity index (χ0v) is 29.6. The Labute approximate surface area is 267 Å². The van der Waals surface area contributed by atoms with Crippen LogP contribution in [0.15, 0.2) is 65.7 Å². The summed E-state index contributed by atoms with van der Waals surface area (Å²) in [6.45, 7) is 16.0. The summed E-state index contributed by atoms with van der Waals surface area (Å²) in [4.78, 5) is 7.55.